The zero-order valence-electron chi connectivity index (χ0n) is 11.2. The van der Waals surface area contributed by atoms with E-state index in [2.05, 4.69) is 0 Å². The number of nitrogens with zero attached hydrogens (tertiary/aromatic N) is 1. The molecule has 1 saturated heterocycles. The van der Waals surface area contributed by atoms with Crippen LogP contribution < -0.4 is 0 Å². The third-order valence-corrected chi connectivity index (χ3v) is 3.16. The van der Waals surface area contributed by atoms with E-state index in [4.69, 9.17) is 4.74 Å². The summed E-state index contributed by atoms with van der Waals surface area (Å²) in [7, 11) is 0. The van der Waals surface area contributed by atoms with Gasteiger partial charge in [-0.25, -0.2) is 9.69 Å². The number of halogens is 3. The minimum atomic E-state index is -4.44. The second-order valence-corrected chi connectivity index (χ2v) is 4.71. The zero-order chi connectivity index (χ0) is 15.6. The predicted molar refractivity (Wildman–Crippen MR) is 68.3 cm³/mol. The van der Waals surface area contributed by atoms with Crippen molar-refractivity contribution >= 4 is 6.09 Å². The van der Waals surface area contributed by atoms with Crippen LogP contribution in [-0.4, -0.2) is 28.3 Å². The van der Waals surface area contributed by atoms with E-state index in [9.17, 15) is 23.1 Å². The first-order chi connectivity index (χ1) is 9.79. The van der Waals surface area contributed by atoms with Crippen molar-refractivity contribution in [3.05, 3.63) is 47.9 Å². The number of aliphatic hydroxyl groups excluding tert-OH is 1. The summed E-state index contributed by atoms with van der Waals surface area (Å²) in [6, 6.07) is 8.20. The first kappa shape index (κ1) is 15.2. The fourth-order valence-electron chi connectivity index (χ4n) is 2.16. The Balaban J connectivity index is 2.17. The van der Waals surface area contributed by atoms with Crippen LogP contribution in [0, 0.1) is 0 Å². The van der Waals surface area contributed by atoms with E-state index < -0.39 is 36.7 Å². The molecule has 2 rings (SSSR count). The summed E-state index contributed by atoms with van der Waals surface area (Å²) in [4.78, 5) is 12.6. The van der Waals surface area contributed by atoms with Crippen LogP contribution in [0.25, 0.3) is 0 Å². The molecule has 2 atom stereocenters. The number of amides is 1. The minimum absolute atomic E-state index is 0.561. The van der Waals surface area contributed by atoms with Crippen molar-refractivity contribution in [2.24, 2.45) is 0 Å². The molecule has 114 valence electrons. The molecule has 0 saturated carbocycles. The van der Waals surface area contributed by atoms with Gasteiger partial charge in [0, 0.05) is 0 Å². The number of aliphatic hydroxyl groups is 1. The lowest BCUT2D eigenvalue weighted by atomic mass is 10.0. The number of cyclic esters (lactones) is 1. The first-order valence-corrected chi connectivity index (χ1v) is 6.30. The standard InChI is InChI=1S/C14H14F3NO3/c1-9-12(10-5-3-2-4-6-10)21-13(20)18(9)11(19)7-8-14(15,16)17/h2-7,9,12,19H,8H2,1H3/b11-7-/t9-,12-/m1/s1. The Morgan fingerprint density at radius 3 is 2.57 bits per heavy atom. The van der Waals surface area contributed by atoms with Crippen molar-refractivity contribution in [2.45, 2.75) is 31.7 Å². The molecule has 1 amide bonds. The van der Waals surface area contributed by atoms with Gasteiger partial charge in [0.2, 0.25) is 0 Å². The molecule has 1 aromatic rings. The maximum Gasteiger partial charge on any atom is 0.417 e. The molecule has 0 aromatic heterocycles. The second-order valence-electron chi connectivity index (χ2n) is 4.71. The van der Waals surface area contributed by atoms with Gasteiger partial charge in [-0.2, -0.15) is 13.2 Å². The van der Waals surface area contributed by atoms with E-state index in [0.717, 1.165) is 4.90 Å². The molecule has 0 spiro atoms. The van der Waals surface area contributed by atoms with Crippen LogP contribution in [0.5, 0.6) is 0 Å². The number of rotatable bonds is 3. The van der Waals surface area contributed by atoms with E-state index >= 15 is 0 Å². The minimum Gasteiger partial charge on any atom is -0.495 e. The molecule has 1 N–H and O–H groups in total. The number of allylic oxidation sites excluding steroid dienone is 1. The van der Waals surface area contributed by atoms with E-state index in [0.29, 0.717) is 11.6 Å². The van der Waals surface area contributed by atoms with Crippen LogP contribution in [0.2, 0.25) is 0 Å². The van der Waals surface area contributed by atoms with Crippen molar-refractivity contribution in [1.29, 1.82) is 0 Å². The Kier molecular flexibility index (Phi) is 4.11. The fraction of sp³-hybridized carbons (Fsp3) is 0.357. The molecule has 1 aliphatic heterocycles. The topological polar surface area (TPSA) is 49.8 Å². The largest absolute Gasteiger partial charge is 0.495 e. The summed E-state index contributed by atoms with van der Waals surface area (Å²) in [6.07, 6.45) is -6.71. The van der Waals surface area contributed by atoms with Gasteiger partial charge in [0.05, 0.1) is 12.5 Å². The van der Waals surface area contributed by atoms with Crippen molar-refractivity contribution in [1.82, 2.24) is 4.90 Å². The lowest BCUT2D eigenvalue weighted by Gasteiger charge is -2.20. The van der Waals surface area contributed by atoms with Gasteiger partial charge in [-0.1, -0.05) is 30.3 Å². The number of ether oxygens (including phenoxy) is 1. The predicted octanol–water partition coefficient (Wildman–Crippen LogP) is 3.92. The Labute approximate surface area is 119 Å². The summed E-state index contributed by atoms with van der Waals surface area (Å²) in [6.45, 7) is 1.60. The van der Waals surface area contributed by atoms with Crippen molar-refractivity contribution in [3.63, 3.8) is 0 Å². The van der Waals surface area contributed by atoms with Gasteiger partial charge in [-0.05, 0) is 18.6 Å². The van der Waals surface area contributed by atoms with Crippen molar-refractivity contribution in [3.8, 4) is 0 Å². The lowest BCUT2D eigenvalue weighted by Crippen LogP contribution is -2.31. The molecule has 0 bridgehead atoms. The summed E-state index contributed by atoms with van der Waals surface area (Å²) in [5, 5.41) is 9.70. The Morgan fingerprint density at radius 1 is 1.38 bits per heavy atom. The monoisotopic (exact) mass is 301 g/mol. The quantitative estimate of drug-likeness (QED) is 0.861. The van der Waals surface area contributed by atoms with Crippen LogP contribution in [0.4, 0.5) is 18.0 Å². The molecule has 1 heterocycles. The highest BCUT2D eigenvalue weighted by molar-refractivity contribution is 5.72. The second kappa shape index (κ2) is 5.67. The van der Waals surface area contributed by atoms with Crippen LogP contribution in [-0.2, 0) is 4.74 Å². The third kappa shape index (κ3) is 3.48. The SMILES string of the molecule is C[C@@H]1[C@H](c2ccccc2)OC(=O)N1/C(O)=C/CC(F)(F)F. The number of hydrogen-bond acceptors (Lipinski definition) is 3. The highest BCUT2D eigenvalue weighted by Gasteiger charge is 2.42. The number of hydrogen-bond donors (Lipinski definition) is 1. The van der Waals surface area contributed by atoms with Crippen molar-refractivity contribution < 1.29 is 27.8 Å². The molecule has 0 unspecified atom stereocenters. The molecule has 0 aliphatic carbocycles. The van der Waals surface area contributed by atoms with Crippen LogP contribution in [0.1, 0.15) is 25.0 Å². The maximum absolute atomic E-state index is 12.1. The van der Waals surface area contributed by atoms with Crippen molar-refractivity contribution in [2.75, 3.05) is 0 Å². The Hall–Kier alpha value is -2.18. The number of carbonyl (C=O) groups is 1. The molecule has 21 heavy (non-hydrogen) atoms. The highest BCUT2D eigenvalue weighted by Crippen LogP contribution is 2.34. The summed E-state index contributed by atoms with van der Waals surface area (Å²) in [5.74, 6) is -0.747. The van der Waals surface area contributed by atoms with Gasteiger partial charge >= 0.3 is 12.3 Å². The summed E-state index contributed by atoms with van der Waals surface area (Å²) in [5.41, 5.74) is 0.712. The van der Waals surface area contributed by atoms with Crippen LogP contribution in [0.3, 0.4) is 0 Å². The summed E-state index contributed by atoms with van der Waals surface area (Å²) >= 11 is 0. The van der Waals surface area contributed by atoms with Gasteiger partial charge in [0.15, 0.2) is 5.88 Å². The molecular formula is C14H14F3NO3. The van der Waals surface area contributed by atoms with E-state index in [1.165, 1.54) is 0 Å². The number of carbonyl (C=O) groups excluding carboxylic acids is 1. The molecule has 1 aliphatic rings. The van der Waals surface area contributed by atoms with E-state index in [1.54, 1.807) is 37.3 Å². The van der Waals surface area contributed by atoms with E-state index in [1.807, 2.05) is 0 Å². The number of benzene rings is 1. The van der Waals surface area contributed by atoms with E-state index in [-0.39, 0.29) is 0 Å². The molecule has 1 fully saturated rings. The first-order valence-electron chi connectivity index (χ1n) is 6.30. The Morgan fingerprint density at radius 2 is 2.00 bits per heavy atom. The number of alkyl halides is 3. The highest BCUT2D eigenvalue weighted by atomic mass is 19.4. The average molecular weight is 301 g/mol. The molecule has 1 aromatic carbocycles. The third-order valence-electron chi connectivity index (χ3n) is 3.16. The van der Waals surface area contributed by atoms with Crippen LogP contribution in [0.15, 0.2) is 42.3 Å². The van der Waals surface area contributed by atoms with Crippen LogP contribution >= 0.6 is 0 Å². The van der Waals surface area contributed by atoms with Gasteiger partial charge in [0.25, 0.3) is 0 Å². The fourth-order valence-corrected chi connectivity index (χ4v) is 2.16. The van der Waals surface area contributed by atoms with Gasteiger partial charge in [0.1, 0.15) is 6.10 Å². The maximum atomic E-state index is 12.1. The molecule has 0 radical (unpaired) electrons. The van der Waals surface area contributed by atoms with Gasteiger partial charge < -0.3 is 9.84 Å². The molecule has 4 nitrogen and oxygen atoms in total. The summed E-state index contributed by atoms with van der Waals surface area (Å²) < 4.78 is 41.6. The smallest absolute Gasteiger partial charge is 0.417 e. The zero-order valence-corrected chi connectivity index (χ0v) is 11.2. The normalized spacial score (nSPS) is 23.3. The van der Waals surface area contributed by atoms with Gasteiger partial charge in [-0.3, -0.25) is 0 Å². The lowest BCUT2D eigenvalue weighted by molar-refractivity contribution is -0.125. The Bertz CT molecular complexity index is 542. The molecular weight excluding hydrogens is 287 g/mol. The van der Waals surface area contributed by atoms with Gasteiger partial charge in [-0.15, -0.1) is 0 Å². The molecule has 7 heteroatoms. The average Bonchev–Trinajstić information content (AvgIpc) is 2.72.